The van der Waals surface area contributed by atoms with Crippen molar-refractivity contribution >= 4 is 17.0 Å². The molecule has 2 fully saturated rings. The second kappa shape index (κ2) is 12.0. The molecule has 0 radical (unpaired) electrons. The summed E-state index contributed by atoms with van der Waals surface area (Å²) >= 11 is 0. The number of aliphatic hydroxyl groups is 1. The van der Waals surface area contributed by atoms with E-state index in [2.05, 4.69) is 16.0 Å². The molecule has 210 valence electrons. The third-order valence-corrected chi connectivity index (χ3v) is 7.53. The van der Waals surface area contributed by atoms with Crippen LogP contribution in [0.2, 0.25) is 0 Å². The van der Waals surface area contributed by atoms with Crippen molar-refractivity contribution in [3.63, 3.8) is 0 Å². The average Bonchev–Trinajstić information content (AvgIpc) is 3.55. The number of esters is 1. The van der Waals surface area contributed by atoms with Gasteiger partial charge in [0, 0.05) is 43.9 Å². The molecule has 3 aromatic rings. The lowest BCUT2D eigenvalue weighted by Gasteiger charge is -2.24. The molecule has 4 atom stereocenters. The molecule has 0 amide bonds. The summed E-state index contributed by atoms with van der Waals surface area (Å²) in [7, 11) is 1.75. The number of ether oxygens (including phenoxy) is 3. The fourth-order valence-corrected chi connectivity index (χ4v) is 5.36. The van der Waals surface area contributed by atoms with Crippen LogP contribution in [-0.4, -0.2) is 69.4 Å². The van der Waals surface area contributed by atoms with E-state index in [9.17, 15) is 14.7 Å². The normalized spacial score (nSPS) is 21.2. The summed E-state index contributed by atoms with van der Waals surface area (Å²) in [6.45, 7) is 6.12. The number of aryl methyl sites for hydroxylation is 2. The lowest BCUT2D eigenvalue weighted by atomic mass is 10.1. The van der Waals surface area contributed by atoms with Crippen molar-refractivity contribution in [3.05, 3.63) is 51.9 Å². The van der Waals surface area contributed by atoms with Crippen LogP contribution in [-0.2, 0) is 39.1 Å². The standard InChI is InChI=1S/C29H38N4O6/c1-18-12-21(15-32(3)28(18)35)27-31-24-8-7-20(13-25(24)33(27)16-22-6-4-5-10-38-22)14-30-26(19(2)34)29(36)39-23-9-11-37-17-23/h7-8,12-13,15,19,22-23,26,30,34H,4-6,9-11,14,16-17H2,1-3H3/t19?,22?,23-,26?/m1/s1. The number of aliphatic hydroxyl groups excluding tert-OH is 1. The third-order valence-electron chi connectivity index (χ3n) is 7.53. The van der Waals surface area contributed by atoms with Gasteiger partial charge in [-0.1, -0.05) is 6.07 Å². The highest BCUT2D eigenvalue weighted by Gasteiger charge is 2.29. The molecule has 2 aliphatic heterocycles. The van der Waals surface area contributed by atoms with E-state index in [0.717, 1.165) is 53.9 Å². The maximum Gasteiger partial charge on any atom is 0.326 e. The molecule has 2 N–H and O–H groups in total. The number of imidazole rings is 1. The number of carbonyl (C=O) groups is 1. The average molecular weight is 539 g/mol. The minimum absolute atomic E-state index is 0.0305. The number of hydrogen-bond donors (Lipinski definition) is 2. The molecule has 2 saturated heterocycles. The SMILES string of the molecule is Cc1cc(-c2nc3ccc(CNC(C(=O)O[C@@H]4CCOC4)C(C)O)cc3n2CC2CCCCO2)cn(C)c1=O. The van der Waals surface area contributed by atoms with Gasteiger partial charge in [-0.15, -0.1) is 0 Å². The summed E-state index contributed by atoms with van der Waals surface area (Å²) in [6.07, 6.45) is 4.57. The Bertz CT molecular complexity index is 1340. The van der Waals surface area contributed by atoms with Gasteiger partial charge in [0.2, 0.25) is 0 Å². The molecule has 2 aromatic heterocycles. The number of rotatable bonds is 9. The van der Waals surface area contributed by atoms with Gasteiger partial charge in [0.1, 0.15) is 18.0 Å². The number of nitrogens with zero attached hydrogens (tertiary/aromatic N) is 3. The van der Waals surface area contributed by atoms with E-state index in [1.165, 1.54) is 0 Å². The Morgan fingerprint density at radius 2 is 2.10 bits per heavy atom. The molecular weight excluding hydrogens is 500 g/mol. The van der Waals surface area contributed by atoms with Crippen molar-refractivity contribution in [2.45, 2.75) is 77.0 Å². The van der Waals surface area contributed by atoms with E-state index < -0.39 is 18.1 Å². The molecule has 0 bridgehead atoms. The van der Waals surface area contributed by atoms with E-state index in [0.29, 0.717) is 38.3 Å². The van der Waals surface area contributed by atoms with Crippen LogP contribution < -0.4 is 10.9 Å². The first kappa shape index (κ1) is 27.5. The first-order chi connectivity index (χ1) is 18.8. The number of nitrogens with one attached hydrogen (secondary N) is 1. The molecule has 0 aliphatic carbocycles. The summed E-state index contributed by atoms with van der Waals surface area (Å²) in [5, 5.41) is 13.5. The smallest absolute Gasteiger partial charge is 0.326 e. The molecule has 0 spiro atoms. The number of benzene rings is 1. The van der Waals surface area contributed by atoms with Crippen LogP contribution in [0, 0.1) is 6.92 Å². The van der Waals surface area contributed by atoms with Crippen molar-refractivity contribution in [2.75, 3.05) is 19.8 Å². The first-order valence-corrected chi connectivity index (χ1v) is 13.8. The topological polar surface area (TPSA) is 117 Å². The molecule has 39 heavy (non-hydrogen) atoms. The van der Waals surface area contributed by atoms with Crippen LogP contribution in [0.5, 0.6) is 0 Å². The van der Waals surface area contributed by atoms with Crippen LogP contribution in [0.15, 0.2) is 35.3 Å². The van der Waals surface area contributed by atoms with Gasteiger partial charge >= 0.3 is 5.97 Å². The van der Waals surface area contributed by atoms with Crippen molar-refractivity contribution in [2.24, 2.45) is 7.05 Å². The van der Waals surface area contributed by atoms with Crippen LogP contribution in [0.1, 0.15) is 43.7 Å². The second-order valence-corrected chi connectivity index (χ2v) is 10.7. The number of aromatic nitrogens is 3. The molecule has 3 unspecified atom stereocenters. The van der Waals surface area contributed by atoms with Crippen molar-refractivity contribution in [1.29, 1.82) is 0 Å². The van der Waals surface area contributed by atoms with Gasteiger partial charge in [0.05, 0.1) is 43.0 Å². The third kappa shape index (κ3) is 6.24. The highest BCUT2D eigenvalue weighted by atomic mass is 16.6. The van der Waals surface area contributed by atoms with Crippen molar-refractivity contribution < 1.29 is 24.1 Å². The van der Waals surface area contributed by atoms with Crippen molar-refractivity contribution in [3.8, 4) is 11.4 Å². The minimum Gasteiger partial charge on any atom is -0.459 e. The zero-order valence-corrected chi connectivity index (χ0v) is 22.9. The Kier molecular flexibility index (Phi) is 8.46. The first-order valence-electron chi connectivity index (χ1n) is 13.8. The number of fused-ring (bicyclic) bond motifs is 1. The van der Waals surface area contributed by atoms with Gasteiger partial charge in [-0.2, -0.15) is 0 Å². The summed E-state index contributed by atoms with van der Waals surface area (Å²) < 4.78 is 20.7. The summed E-state index contributed by atoms with van der Waals surface area (Å²) in [6, 6.07) is 7.03. The molecule has 10 heteroatoms. The Morgan fingerprint density at radius 3 is 2.79 bits per heavy atom. The van der Waals surface area contributed by atoms with Crippen LogP contribution in [0.25, 0.3) is 22.4 Å². The van der Waals surface area contributed by atoms with Gasteiger partial charge in [-0.3, -0.25) is 14.9 Å². The monoisotopic (exact) mass is 538 g/mol. The van der Waals surface area contributed by atoms with E-state index >= 15 is 0 Å². The largest absolute Gasteiger partial charge is 0.459 e. The summed E-state index contributed by atoms with van der Waals surface area (Å²) in [5.74, 6) is 0.306. The maximum atomic E-state index is 12.7. The molecular formula is C29H38N4O6. The van der Waals surface area contributed by atoms with Crippen LogP contribution >= 0.6 is 0 Å². The number of pyridine rings is 1. The lowest BCUT2D eigenvalue weighted by molar-refractivity contribution is -0.154. The molecule has 10 nitrogen and oxygen atoms in total. The fraction of sp³-hybridized carbons (Fsp3) is 0.552. The Hall–Kier alpha value is -3.05. The fourth-order valence-electron chi connectivity index (χ4n) is 5.36. The van der Waals surface area contributed by atoms with Crippen LogP contribution in [0.3, 0.4) is 0 Å². The highest BCUT2D eigenvalue weighted by molar-refractivity contribution is 5.81. The molecule has 4 heterocycles. The van der Waals surface area contributed by atoms with Gasteiger partial charge in [0.25, 0.3) is 5.56 Å². The minimum atomic E-state index is -0.919. The lowest BCUT2D eigenvalue weighted by Crippen LogP contribution is -2.46. The molecule has 1 aromatic carbocycles. The predicted molar refractivity (Wildman–Crippen MR) is 146 cm³/mol. The van der Waals surface area contributed by atoms with E-state index in [1.807, 2.05) is 31.3 Å². The zero-order chi connectivity index (χ0) is 27.5. The van der Waals surface area contributed by atoms with Gasteiger partial charge in [0.15, 0.2) is 0 Å². The van der Waals surface area contributed by atoms with E-state index in [-0.39, 0.29) is 17.8 Å². The predicted octanol–water partition coefficient (Wildman–Crippen LogP) is 2.45. The highest BCUT2D eigenvalue weighted by Crippen LogP contribution is 2.28. The van der Waals surface area contributed by atoms with Crippen molar-refractivity contribution in [1.82, 2.24) is 19.4 Å². The maximum absolute atomic E-state index is 12.7. The Labute approximate surface area is 227 Å². The molecule has 2 aliphatic rings. The quantitative estimate of drug-likeness (QED) is 0.399. The van der Waals surface area contributed by atoms with Gasteiger partial charge in [-0.05, 0) is 56.9 Å². The second-order valence-electron chi connectivity index (χ2n) is 10.7. The number of hydrogen-bond acceptors (Lipinski definition) is 8. The summed E-state index contributed by atoms with van der Waals surface area (Å²) in [5.41, 5.74) is 4.23. The Balaban J connectivity index is 1.43. The summed E-state index contributed by atoms with van der Waals surface area (Å²) in [4.78, 5) is 30.0. The molecule has 0 saturated carbocycles. The van der Waals surface area contributed by atoms with E-state index in [1.54, 1.807) is 18.5 Å². The van der Waals surface area contributed by atoms with E-state index in [4.69, 9.17) is 19.2 Å². The number of carbonyl (C=O) groups excluding carboxylic acids is 1. The van der Waals surface area contributed by atoms with Crippen LogP contribution in [0.4, 0.5) is 0 Å². The van der Waals surface area contributed by atoms with Gasteiger partial charge < -0.3 is 28.5 Å². The molecule has 5 rings (SSSR count). The zero-order valence-electron chi connectivity index (χ0n) is 22.9. The Morgan fingerprint density at radius 1 is 1.26 bits per heavy atom. The van der Waals surface area contributed by atoms with Gasteiger partial charge in [-0.25, -0.2) is 4.98 Å².